The summed E-state index contributed by atoms with van der Waals surface area (Å²) >= 11 is 0. The van der Waals surface area contributed by atoms with Gasteiger partial charge in [0, 0.05) is 23.6 Å². The Labute approximate surface area is 162 Å². The van der Waals surface area contributed by atoms with Crippen molar-refractivity contribution in [3.8, 4) is 16.9 Å². The maximum atomic E-state index is 13.5. The molecule has 0 atom stereocenters. The molecule has 5 nitrogen and oxygen atoms in total. The third-order valence-corrected chi connectivity index (χ3v) is 4.75. The van der Waals surface area contributed by atoms with Gasteiger partial charge in [-0.3, -0.25) is 0 Å². The van der Waals surface area contributed by atoms with Gasteiger partial charge in [0.1, 0.15) is 5.82 Å². The van der Waals surface area contributed by atoms with Gasteiger partial charge in [-0.15, -0.1) is 0 Å². The van der Waals surface area contributed by atoms with Crippen molar-refractivity contribution in [1.29, 1.82) is 0 Å². The van der Waals surface area contributed by atoms with Gasteiger partial charge in [-0.25, -0.2) is 19.0 Å². The Morgan fingerprint density at radius 1 is 1.00 bits per heavy atom. The van der Waals surface area contributed by atoms with Crippen LogP contribution in [-0.4, -0.2) is 19.7 Å². The van der Waals surface area contributed by atoms with Crippen molar-refractivity contribution in [2.24, 2.45) is 0 Å². The minimum atomic E-state index is -0.297. The number of hydrogen-bond donors (Lipinski definition) is 1. The summed E-state index contributed by atoms with van der Waals surface area (Å²) in [5.41, 5.74) is 6.43. The zero-order valence-corrected chi connectivity index (χ0v) is 15.9. The highest BCUT2D eigenvalue weighted by molar-refractivity contribution is 5.65. The third-order valence-electron chi connectivity index (χ3n) is 4.75. The molecule has 4 rings (SSSR count). The number of nitrogens with one attached hydrogen (secondary N) is 1. The molecule has 2 aromatic carbocycles. The monoisotopic (exact) mass is 373 g/mol. The molecule has 4 aromatic rings. The first kappa shape index (κ1) is 17.9. The molecule has 0 aliphatic rings. The van der Waals surface area contributed by atoms with Crippen molar-refractivity contribution >= 4 is 11.6 Å². The number of aryl methyl sites for hydroxylation is 2. The summed E-state index contributed by atoms with van der Waals surface area (Å²) in [7, 11) is 0. The first-order chi connectivity index (χ1) is 13.5. The Kier molecular flexibility index (Phi) is 4.61. The number of rotatable bonds is 4. The Balaban J connectivity index is 1.67. The predicted octanol–water partition coefficient (Wildman–Crippen LogP) is 5.14. The van der Waals surface area contributed by atoms with Gasteiger partial charge >= 0.3 is 0 Å². The first-order valence-electron chi connectivity index (χ1n) is 9.00. The summed E-state index contributed by atoms with van der Waals surface area (Å²) in [4.78, 5) is 8.98. The molecular formula is C22H20FN5. The van der Waals surface area contributed by atoms with Gasteiger partial charge in [0.2, 0.25) is 5.95 Å². The van der Waals surface area contributed by atoms with E-state index < -0.39 is 0 Å². The van der Waals surface area contributed by atoms with Gasteiger partial charge in [0.05, 0.1) is 17.1 Å². The van der Waals surface area contributed by atoms with Crippen LogP contribution in [0.15, 0.2) is 60.9 Å². The largest absolute Gasteiger partial charge is 0.324 e. The second kappa shape index (κ2) is 7.23. The lowest BCUT2D eigenvalue weighted by atomic mass is 10.1. The van der Waals surface area contributed by atoms with Gasteiger partial charge in [-0.05, 0) is 62.2 Å². The second-order valence-electron chi connectivity index (χ2n) is 6.69. The van der Waals surface area contributed by atoms with Gasteiger partial charge in [-0.1, -0.05) is 18.2 Å². The zero-order chi connectivity index (χ0) is 19.7. The summed E-state index contributed by atoms with van der Waals surface area (Å²) in [5.74, 6) is 0.221. The van der Waals surface area contributed by atoms with Crippen LogP contribution in [0.5, 0.6) is 0 Å². The van der Waals surface area contributed by atoms with Crippen LogP contribution in [0.4, 0.5) is 16.0 Å². The topological polar surface area (TPSA) is 55.6 Å². The SMILES string of the molecule is Cc1cccc(Nc2nccc(-c3cn(-c4cccc(F)c4)nc3C)n2)c1C. The van der Waals surface area contributed by atoms with Gasteiger partial charge in [-0.2, -0.15) is 5.10 Å². The fraction of sp³-hybridized carbons (Fsp3) is 0.136. The van der Waals surface area contributed by atoms with Gasteiger partial charge in [0.15, 0.2) is 0 Å². The molecule has 140 valence electrons. The maximum absolute atomic E-state index is 13.5. The van der Waals surface area contributed by atoms with Crippen molar-refractivity contribution in [3.63, 3.8) is 0 Å². The Morgan fingerprint density at radius 3 is 2.64 bits per heavy atom. The molecule has 0 fully saturated rings. The number of aromatic nitrogens is 4. The highest BCUT2D eigenvalue weighted by Gasteiger charge is 2.12. The molecule has 1 N–H and O–H groups in total. The van der Waals surface area contributed by atoms with Crippen LogP contribution in [0.25, 0.3) is 16.9 Å². The van der Waals surface area contributed by atoms with E-state index in [0.717, 1.165) is 28.2 Å². The standard InChI is InChI=1S/C22H20FN5/c1-14-6-4-9-20(15(14)2)25-22-24-11-10-21(26-22)19-13-28(27-16(19)3)18-8-5-7-17(23)12-18/h4-13H,1-3H3,(H,24,25,26). The van der Waals surface area contributed by atoms with E-state index in [2.05, 4.69) is 40.3 Å². The van der Waals surface area contributed by atoms with E-state index in [9.17, 15) is 4.39 Å². The Morgan fingerprint density at radius 2 is 1.82 bits per heavy atom. The van der Waals surface area contributed by atoms with Crippen LogP contribution >= 0.6 is 0 Å². The third kappa shape index (κ3) is 3.49. The minimum Gasteiger partial charge on any atom is -0.324 e. The van der Waals surface area contributed by atoms with Crippen molar-refractivity contribution in [2.45, 2.75) is 20.8 Å². The van der Waals surface area contributed by atoms with Crippen LogP contribution in [0.3, 0.4) is 0 Å². The van der Waals surface area contributed by atoms with Crippen molar-refractivity contribution in [3.05, 3.63) is 83.6 Å². The summed E-state index contributed by atoms with van der Waals surface area (Å²) in [6, 6.07) is 14.3. The molecule has 6 heteroatoms. The maximum Gasteiger partial charge on any atom is 0.227 e. The van der Waals surface area contributed by atoms with Gasteiger partial charge in [0.25, 0.3) is 0 Å². The summed E-state index contributed by atoms with van der Waals surface area (Å²) in [6.07, 6.45) is 3.57. The summed E-state index contributed by atoms with van der Waals surface area (Å²) in [5, 5.41) is 7.80. The molecule has 0 unspecified atom stereocenters. The lowest BCUT2D eigenvalue weighted by Crippen LogP contribution is -2.00. The molecule has 0 aliphatic carbocycles. The average molecular weight is 373 g/mol. The predicted molar refractivity (Wildman–Crippen MR) is 108 cm³/mol. The quantitative estimate of drug-likeness (QED) is 0.538. The molecular weight excluding hydrogens is 353 g/mol. The number of benzene rings is 2. The smallest absolute Gasteiger partial charge is 0.227 e. The molecule has 2 aromatic heterocycles. The molecule has 28 heavy (non-hydrogen) atoms. The number of nitrogens with zero attached hydrogens (tertiary/aromatic N) is 4. The molecule has 0 radical (unpaired) electrons. The molecule has 0 bridgehead atoms. The molecule has 0 spiro atoms. The van der Waals surface area contributed by atoms with Gasteiger partial charge < -0.3 is 5.32 Å². The van der Waals surface area contributed by atoms with E-state index in [0.29, 0.717) is 11.6 Å². The van der Waals surface area contributed by atoms with E-state index in [4.69, 9.17) is 0 Å². The van der Waals surface area contributed by atoms with E-state index >= 15 is 0 Å². The summed E-state index contributed by atoms with van der Waals surface area (Å²) in [6.45, 7) is 6.04. The fourth-order valence-corrected chi connectivity index (χ4v) is 3.04. The van der Waals surface area contributed by atoms with Crippen molar-refractivity contribution < 1.29 is 4.39 Å². The van der Waals surface area contributed by atoms with E-state index in [1.807, 2.05) is 37.4 Å². The minimum absolute atomic E-state index is 0.297. The van der Waals surface area contributed by atoms with Crippen molar-refractivity contribution in [2.75, 3.05) is 5.32 Å². The Hall–Kier alpha value is -3.54. The summed E-state index contributed by atoms with van der Waals surface area (Å²) < 4.78 is 15.2. The average Bonchev–Trinajstić information content (AvgIpc) is 3.08. The highest BCUT2D eigenvalue weighted by Crippen LogP contribution is 2.25. The molecule has 2 heterocycles. The van der Waals surface area contributed by atoms with E-state index in [1.54, 1.807) is 16.9 Å². The van der Waals surface area contributed by atoms with Crippen LogP contribution in [0.1, 0.15) is 16.8 Å². The van der Waals surface area contributed by atoms with Crippen LogP contribution < -0.4 is 5.32 Å². The number of hydrogen-bond acceptors (Lipinski definition) is 4. The zero-order valence-electron chi connectivity index (χ0n) is 15.9. The highest BCUT2D eigenvalue weighted by atomic mass is 19.1. The second-order valence-corrected chi connectivity index (χ2v) is 6.69. The van der Waals surface area contributed by atoms with E-state index in [1.165, 1.54) is 17.7 Å². The Bertz CT molecular complexity index is 1150. The molecule has 0 saturated carbocycles. The van der Waals surface area contributed by atoms with Crippen LogP contribution in [0, 0.1) is 26.6 Å². The van der Waals surface area contributed by atoms with Crippen LogP contribution in [-0.2, 0) is 0 Å². The normalized spacial score (nSPS) is 10.9. The number of anilines is 2. The van der Waals surface area contributed by atoms with Crippen LogP contribution in [0.2, 0.25) is 0 Å². The van der Waals surface area contributed by atoms with E-state index in [-0.39, 0.29) is 5.82 Å². The molecule has 0 amide bonds. The first-order valence-corrected chi connectivity index (χ1v) is 9.00. The van der Waals surface area contributed by atoms with Crippen molar-refractivity contribution in [1.82, 2.24) is 19.7 Å². The molecule has 0 saturated heterocycles. The lowest BCUT2D eigenvalue weighted by molar-refractivity contribution is 0.625. The fourth-order valence-electron chi connectivity index (χ4n) is 3.04. The molecule has 0 aliphatic heterocycles. The number of halogens is 1. The lowest BCUT2D eigenvalue weighted by Gasteiger charge is -2.10.